The van der Waals surface area contributed by atoms with Crippen molar-refractivity contribution in [2.24, 2.45) is 0 Å². The molecule has 1 aliphatic carbocycles. The lowest BCUT2D eigenvalue weighted by atomic mass is 9.95. The zero-order chi connectivity index (χ0) is 16.5. The highest BCUT2D eigenvalue weighted by Crippen LogP contribution is 2.31. The number of hydrogen-bond acceptors (Lipinski definition) is 2. The maximum atomic E-state index is 4.94. The molecule has 2 aromatic heterocycles. The molecule has 0 atom stereocenters. The van der Waals surface area contributed by atoms with E-state index in [4.69, 9.17) is 4.98 Å². The van der Waals surface area contributed by atoms with E-state index >= 15 is 0 Å². The van der Waals surface area contributed by atoms with Gasteiger partial charge in [-0.25, -0.2) is 4.98 Å². The number of nitrogens with zero attached hydrogens (tertiary/aromatic N) is 2. The summed E-state index contributed by atoms with van der Waals surface area (Å²) in [5.74, 6) is 1.14. The van der Waals surface area contributed by atoms with Crippen LogP contribution in [0.4, 0.5) is 5.82 Å². The molecule has 2 heterocycles. The molecular weight excluding hydrogens is 294 g/mol. The molecule has 0 bridgehead atoms. The van der Waals surface area contributed by atoms with Crippen LogP contribution < -0.4 is 5.32 Å². The molecule has 4 rings (SSSR count). The monoisotopic (exact) mass is 319 g/mol. The van der Waals surface area contributed by atoms with E-state index in [-0.39, 0.29) is 0 Å². The van der Waals surface area contributed by atoms with Gasteiger partial charge >= 0.3 is 0 Å². The highest BCUT2D eigenvalue weighted by molar-refractivity contribution is 5.77. The van der Waals surface area contributed by atoms with E-state index in [0.29, 0.717) is 6.04 Å². The summed E-state index contributed by atoms with van der Waals surface area (Å²) in [4.78, 5) is 4.94. The molecule has 1 aromatic carbocycles. The van der Waals surface area contributed by atoms with E-state index in [1.807, 2.05) is 0 Å². The average molecular weight is 319 g/mol. The van der Waals surface area contributed by atoms with Gasteiger partial charge in [0.25, 0.3) is 0 Å². The minimum absolute atomic E-state index is 0.559. The number of hydrogen-bond donors (Lipinski definition) is 1. The van der Waals surface area contributed by atoms with E-state index < -0.39 is 0 Å². The molecule has 0 unspecified atom stereocenters. The van der Waals surface area contributed by atoms with Gasteiger partial charge in [-0.05, 0) is 44.4 Å². The van der Waals surface area contributed by atoms with Crippen molar-refractivity contribution in [3.63, 3.8) is 0 Å². The Hall–Kier alpha value is -2.29. The highest BCUT2D eigenvalue weighted by Gasteiger charge is 2.19. The maximum Gasteiger partial charge on any atom is 0.139 e. The topological polar surface area (TPSA) is 29.3 Å². The van der Waals surface area contributed by atoms with Crippen LogP contribution in [0.25, 0.3) is 16.9 Å². The molecule has 0 aliphatic heterocycles. The minimum Gasteiger partial charge on any atom is -0.367 e. The third-order valence-electron chi connectivity index (χ3n) is 5.05. The Balaban J connectivity index is 1.81. The predicted octanol–water partition coefficient (Wildman–Crippen LogP) is 5.36. The van der Waals surface area contributed by atoms with Gasteiger partial charge in [0, 0.05) is 17.8 Å². The van der Waals surface area contributed by atoms with Crippen molar-refractivity contribution in [1.29, 1.82) is 0 Å². The van der Waals surface area contributed by atoms with E-state index in [2.05, 4.69) is 66.2 Å². The Morgan fingerprint density at radius 3 is 2.46 bits per heavy atom. The van der Waals surface area contributed by atoms with Crippen LogP contribution in [-0.2, 0) is 0 Å². The smallest absolute Gasteiger partial charge is 0.139 e. The normalized spacial score (nSPS) is 15.8. The summed E-state index contributed by atoms with van der Waals surface area (Å²) in [7, 11) is 0. The second-order valence-electron chi connectivity index (χ2n) is 7.09. The average Bonchev–Trinajstić information content (AvgIpc) is 2.94. The van der Waals surface area contributed by atoms with Crippen LogP contribution in [0.3, 0.4) is 0 Å². The Labute approximate surface area is 143 Å². The second kappa shape index (κ2) is 6.31. The van der Waals surface area contributed by atoms with E-state index in [0.717, 1.165) is 17.2 Å². The first-order valence-electron chi connectivity index (χ1n) is 9.03. The number of anilines is 1. The molecule has 0 radical (unpaired) electrons. The van der Waals surface area contributed by atoms with Crippen LogP contribution in [0.2, 0.25) is 0 Å². The lowest BCUT2D eigenvalue weighted by Gasteiger charge is -2.24. The summed E-state index contributed by atoms with van der Waals surface area (Å²) in [6.45, 7) is 4.24. The van der Waals surface area contributed by atoms with Crippen LogP contribution >= 0.6 is 0 Å². The molecule has 0 spiro atoms. The Kier molecular flexibility index (Phi) is 4.01. The van der Waals surface area contributed by atoms with E-state index in [1.165, 1.54) is 48.8 Å². The molecule has 0 saturated heterocycles. The number of fused-ring (bicyclic) bond motifs is 1. The largest absolute Gasteiger partial charge is 0.367 e. The van der Waals surface area contributed by atoms with Crippen molar-refractivity contribution in [3.05, 3.63) is 53.7 Å². The van der Waals surface area contributed by atoms with Gasteiger partial charge in [-0.2, -0.15) is 0 Å². The fourth-order valence-electron chi connectivity index (χ4n) is 3.64. The Morgan fingerprint density at radius 2 is 1.71 bits per heavy atom. The quantitative estimate of drug-likeness (QED) is 0.704. The summed E-state index contributed by atoms with van der Waals surface area (Å²) >= 11 is 0. The van der Waals surface area contributed by atoms with Crippen molar-refractivity contribution >= 4 is 11.5 Å². The van der Waals surface area contributed by atoms with Crippen LogP contribution in [0.1, 0.15) is 43.2 Å². The fourth-order valence-corrected chi connectivity index (χ4v) is 3.64. The van der Waals surface area contributed by atoms with Gasteiger partial charge in [-0.3, -0.25) is 4.40 Å². The summed E-state index contributed by atoms with van der Waals surface area (Å²) in [5, 5.41) is 3.81. The molecule has 3 nitrogen and oxygen atoms in total. The fraction of sp³-hybridized carbons (Fsp3) is 0.381. The van der Waals surface area contributed by atoms with Gasteiger partial charge in [0.15, 0.2) is 0 Å². The Morgan fingerprint density at radius 1 is 0.958 bits per heavy atom. The summed E-state index contributed by atoms with van der Waals surface area (Å²) in [5.41, 5.74) is 5.78. The van der Waals surface area contributed by atoms with E-state index in [1.54, 1.807) is 0 Å². The van der Waals surface area contributed by atoms with Crippen LogP contribution in [0.15, 0.2) is 42.6 Å². The van der Waals surface area contributed by atoms with Crippen molar-refractivity contribution in [3.8, 4) is 11.3 Å². The van der Waals surface area contributed by atoms with Crippen LogP contribution in [-0.4, -0.2) is 15.4 Å². The van der Waals surface area contributed by atoms with Crippen LogP contribution in [0.5, 0.6) is 0 Å². The Bertz CT molecular complexity index is 839. The van der Waals surface area contributed by atoms with Gasteiger partial charge in [-0.1, -0.05) is 49.1 Å². The maximum absolute atomic E-state index is 4.94. The number of aromatic nitrogens is 2. The first-order chi connectivity index (χ1) is 11.7. The summed E-state index contributed by atoms with van der Waals surface area (Å²) in [6, 6.07) is 13.5. The summed E-state index contributed by atoms with van der Waals surface area (Å²) in [6.07, 6.45) is 8.68. The molecule has 3 aromatic rings. The summed E-state index contributed by atoms with van der Waals surface area (Å²) < 4.78 is 2.21. The van der Waals surface area contributed by atoms with E-state index in [9.17, 15) is 0 Å². The number of nitrogens with one attached hydrogen (secondary N) is 1. The SMILES string of the molecule is Cc1ccc(-c2nc3cc(C)ccn3c2NC2CCCCC2)cc1. The molecule has 1 aliphatic rings. The number of benzene rings is 1. The molecule has 24 heavy (non-hydrogen) atoms. The zero-order valence-corrected chi connectivity index (χ0v) is 14.5. The highest BCUT2D eigenvalue weighted by atomic mass is 15.1. The molecule has 0 amide bonds. The predicted molar refractivity (Wildman–Crippen MR) is 101 cm³/mol. The standard InChI is InChI=1S/C21H25N3/c1-15-8-10-17(11-9-15)20-21(22-18-6-4-3-5-7-18)24-13-12-16(2)14-19(24)23-20/h8-14,18,22H,3-7H2,1-2H3. The lowest BCUT2D eigenvalue weighted by molar-refractivity contribution is 0.462. The molecule has 1 fully saturated rings. The molecule has 1 N–H and O–H groups in total. The molecule has 124 valence electrons. The van der Waals surface area contributed by atoms with Crippen LogP contribution in [0, 0.1) is 13.8 Å². The number of pyridine rings is 1. The molecule has 3 heteroatoms. The van der Waals surface area contributed by atoms with Gasteiger partial charge in [0.1, 0.15) is 17.2 Å². The molecule has 1 saturated carbocycles. The zero-order valence-electron chi connectivity index (χ0n) is 14.5. The van der Waals surface area contributed by atoms with Crippen molar-refractivity contribution < 1.29 is 0 Å². The first kappa shape index (κ1) is 15.3. The third-order valence-corrected chi connectivity index (χ3v) is 5.05. The lowest BCUT2D eigenvalue weighted by Crippen LogP contribution is -2.23. The van der Waals surface area contributed by atoms with Gasteiger partial charge in [-0.15, -0.1) is 0 Å². The van der Waals surface area contributed by atoms with Gasteiger partial charge in [0.05, 0.1) is 0 Å². The number of imidazole rings is 1. The third kappa shape index (κ3) is 2.91. The van der Waals surface area contributed by atoms with Gasteiger partial charge in [0.2, 0.25) is 0 Å². The first-order valence-corrected chi connectivity index (χ1v) is 9.03. The minimum atomic E-state index is 0.559. The van der Waals surface area contributed by atoms with Crippen molar-refractivity contribution in [2.45, 2.75) is 52.0 Å². The van der Waals surface area contributed by atoms with Crippen molar-refractivity contribution in [2.75, 3.05) is 5.32 Å². The second-order valence-corrected chi connectivity index (χ2v) is 7.09. The molecular formula is C21H25N3. The number of aryl methyl sites for hydroxylation is 2. The number of rotatable bonds is 3. The van der Waals surface area contributed by atoms with Crippen molar-refractivity contribution in [1.82, 2.24) is 9.38 Å². The van der Waals surface area contributed by atoms with Gasteiger partial charge < -0.3 is 5.32 Å².